The summed E-state index contributed by atoms with van der Waals surface area (Å²) in [6.45, 7) is 0.892. The van der Waals surface area contributed by atoms with Crippen molar-refractivity contribution in [3.63, 3.8) is 0 Å². The Labute approximate surface area is 111 Å². The van der Waals surface area contributed by atoms with E-state index in [-0.39, 0.29) is 18.5 Å². The fourth-order valence-electron chi connectivity index (χ4n) is 1.98. The lowest BCUT2D eigenvalue weighted by molar-refractivity contribution is 0.0119. The first kappa shape index (κ1) is 13.4. The van der Waals surface area contributed by atoms with Crippen LogP contribution in [0.25, 0.3) is 0 Å². The Morgan fingerprint density at radius 1 is 1.44 bits per heavy atom. The maximum atomic E-state index is 13.7. The second-order valence-corrected chi connectivity index (χ2v) is 5.22. The lowest BCUT2D eigenvalue weighted by Crippen LogP contribution is -2.32. The van der Waals surface area contributed by atoms with Crippen LogP contribution in [0.5, 0.6) is 0 Å². The molecule has 0 aliphatic carbocycles. The Hall–Kier alpha value is -1.04. The summed E-state index contributed by atoms with van der Waals surface area (Å²) in [4.78, 5) is 13.1. The largest absolute Gasteiger partial charge is 0.332 e. The molecule has 0 atom stereocenters. The fraction of sp³-hybridized carbons (Fsp3) is 0.417. The van der Waals surface area contributed by atoms with Crippen molar-refractivity contribution in [2.24, 2.45) is 0 Å². The van der Waals surface area contributed by atoms with Gasteiger partial charge in [0.15, 0.2) is 0 Å². The number of rotatable bonds is 1. The van der Waals surface area contributed by atoms with Crippen molar-refractivity contribution in [3.8, 4) is 0 Å². The van der Waals surface area contributed by atoms with E-state index in [0.717, 1.165) is 11.0 Å². The number of amides is 1. The van der Waals surface area contributed by atoms with E-state index in [1.165, 1.54) is 6.07 Å². The van der Waals surface area contributed by atoms with Crippen LogP contribution in [0.3, 0.4) is 0 Å². The molecule has 1 aliphatic rings. The third-order valence-electron chi connectivity index (χ3n) is 3.02. The second kappa shape index (κ2) is 4.57. The van der Waals surface area contributed by atoms with Gasteiger partial charge in [0.1, 0.15) is 5.82 Å². The molecule has 2 rings (SSSR count). The predicted molar refractivity (Wildman–Crippen MR) is 64.3 cm³/mol. The molecule has 1 aromatic carbocycles. The number of benzene rings is 1. The number of nitrogens with zero attached hydrogens (tertiary/aromatic N) is 1. The molecular weight excluding hydrogens is 311 g/mol. The highest BCUT2D eigenvalue weighted by Crippen LogP contribution is 2.30. The van der Waals surface area contributed by atoms with Crippen LogP contribution in [-0.4, -0.2) is 29.8 Å². The third kappa shape index (κ3) is 2.39. The number of halogens is 4. The monoisotopic (exact) mass is 321 g/mol. The summed E-state index contributed by atoms with van der Waals surface area (Å²) >= 11 is 3.19. The second-order valence-electron chi connectivity index (χ2n) is 4.36. The molecular formula is C12H11BrF3NO. The summed E-state index contributed by atoms with van der Waals surface area (Å²) in [6.07, 6.45) is -0.368. The summed E-state index contributed by atoms with van der Waals surface area (Å²) < 4.78 is 40.4. The van der Waals surface area contributed by atoms with Crippen LogP contribution in [0, 0.1) is 12.7 Å². The van der Waals surface area contributed by atoms with Gasteiger partial charge in [-0.1, -0.05) is 15.9 Å². The molecule has 1 heterocycles. The summed E-state index contributed by atoms with van der Waals surface area (Å²) in [7, 11) is 0. The average molecular weight is 322 g/mol. The van der Waals surface area contributed by atoms with E-state index in [0.29, 0.717) is 10.0 Å². The molecule has 2 nitrogen and oxygen atoms in total. The molecule has 1 aromatic rings. The molecule has 18 heavy (non-hydrogen) atoms. The third-order valence-corrected chi connectivity index (χ3v) is 3.88. The number of hydrogen-bond acceptors (Lipinski definition) is 1. The fourth-order valence-corrected chi connectivity index (χ4v) is 2.31. The van der Waals surface area contributed by atoms with Crippen LogP contribution in [0.2, 0.25) is 0 Å². The summed E-state index contributed by atoms with van der Waals surface area (Å²) in [5.41, 5.74) is 0.289. The first-order valence-electron chi connectivity index (χ1n) is 5.43. The molecule has 1 aliphatic heterocycles. The normalized spacial score (nSPS) is 18.2. The first-order chi connectivity index (χ1) is 8.32. The smallest absolute Gasteiger partial charge is 0.267 e. The summed E-state index contributed by atoms with van der Waals surface area (Å²) in [6, 6.07) is 2.64. The topological polar surface area (TPSA) is 20.3 Å². The van der Waals surface area contributed by atoms with Gasteiger partial charge < -0.3 is 4.90 Å². The molecule has 1 amide bonds. The van der Waals surface area contributed by atoms with Gasteiger partial charge in [-0.25, -0.2) is 13.2 Å². The van der Waals surface area contributed by atoms with Crippen LogP contribution < -0.4 is 0 Å². The van der Waals surface area contributed by atoms with Crippen molar-refractivity contribution < 1.29 is 18.0 Å². The Morgan fingerprint density at radius 2 is 2.11 bits per heavy atom. The van der Waals surface area contributed by atoms with E-state index < -0.39 is 24.2 Å². The first-order valence-corrected chi connectivity index (χ1v) is 6.23. The summed E-state index contributed by atoms with van der Waals surface area (Å²) in [5, 5.41) is 0. The molecule has 1 fully saturated rings. The van der Waals surface area contributed by atoms with Crippen LogP contribution >= 0.6 is 15.9 Å². The van der Waals surface area contributed by atoms with Gasteiger partial charge in [0.2, 0.25) is 0 Å². The van der Waals surface area contributed by atoms with Crippen molar-refractivity contribution in [1.82, 2.24) is 4.90 Å². The Morgan fingerprint density at radius 3 is 2.67 bits per heavy atom. The van der Waals surface area contributed by atoms with E-state index >= 15 is 0 Å². The van der Waals surface area contributed by atoms with Gasteiger partial charge in [-0.2, -0.15) is 0 Å². The van der Waals surface area contributed by atoms with Crippen molar-refractivity contribution in [2.75, 3.05) is 13.1 Å². The number of carbonyl (C=O) groups excluding carboxylic acids is 1. The zero-order valence-electron chi connectivity index (χ0n) is 9.64. The highest BCUT2D eigenvalue weighted by Gasteiger charge is 2.41. The van der Waals surface area contributed by atoms with Crippen molar-refractivity contribution in [3.05, 3.63) is 33.5 Å². The number of alkyl halides is 2. The zero-order chi connectivity index (χ0) is 13.5. The van der Waals surface area contributed by atoms with Gasteiger partial charge in [-0.3, -0.25) is 4.79 Å². The molecule has 98 valence electrons. The molecule has 6 heteroatoms. The maximum absolute atomic E-state index is 13.7. The van der Waals surface area contributed by atoms with Crippen LogP contribution in [0.15, 0.2) is 16.6 Å². The number of likely N-dealkylation sites (tertiary alicyclic amines) is 1. The molecule has 0 bridgehead atoms. The quantitative estimate of drug-likeness (QED) is 0.776. The Bertz CT molecular complexity index is 504. The standard InChI is InChI=1S/C12H11BrF3NO/c1-7-8(13)2-3-9(14)10(7)11(18)17-5-4-12(15,16)6-17/h2-3H,4-6H2,1H3. The van der Waals surface area contributed by atoms with Gasteiger partial charge in [-0.05, 0) is 24.6 Å². The van der Waals surface area contributed by atoms with Gasteiger partial charge >= 0.3 is 0 Å². The highest BCUT2D eigenvalue weighted by atomic mass is 79.9. The van der Waals surface area contributed by atoms with Gasteiger partial charge in [-0.15, -0.1) is 0 Å². The van der Waals surface area contributed by atoms with Crippen molar-refractivity contribution >= 4 is 21.8 Å². The minimum absolute atomic E-state index is 0.0444. The van der Waals surface area contributed by atoms with Crippen LogP contribution in [-0.2, 0) is 0 Å². The number of carbonyl (C=O) groups is 1. The van der Waals surface area contributed by atoms with Crippen LogP contribution in [0.4, 0.5) is 13.2 Å². The molecule has 0 saturated carbocycles. The van der Waals surface area contributed by atoms with Gasteiger partial charge in [0.25, 0.3) is 11.8 Å². The van der Waals surface area contributed by atoms with E-state index in [4.69, 9.17) is 0 Å². The van der Waals surface area contributed by atoms with E-state index in [1.54, 1.807) is 6.92 Å². The minimum atomic E-state index is -2.87. The molecule has 0 radical (unpaired) electrons. The molecule has 0 N–H and O–H groups in total. The van der Waals surface area contributed by atoms with E-state index in [2.05, 4.69) is 15.9 Å². The molecule has 0 spiro atoms. The molecule has 0 aromatic heterocycles. The average Bonchev–Trinajstić information content (AvgIpc) is 2.65. The minimum Gasteiger partial charge on any atom is -0.332 e. The summed E-state index contributed by atoms with van der Waals surface area (Å²) in [5.74, 6) is -4.23. The highest BCUT2D eigenvalue weighted by molar-refractivity contribution is 9.10. The lowest BCUT2D eigenvalue weighted by atomic mass is 10.1. The van der Waals surface area contributed by atoms with Gasteiger partial charge in [0, 0.05) is 17.4 Å². The Balaban J connectivity index is 2.33. The van der Waals surface area contributed by atoms with Crippen molar-refractivity contribution in [1.29, 1.82) is 0 Å². The van der Waals surface area contributed by atoms with E-state index in [1.807, 2.05) is 0 Å². The molecule has 1 saturated heterocycles. The van der Waals surface area contributed by atoms with E-state index in [9.17, 15) is 18.0 Å². The zero-order valence-corrected chi connectivity index (χ0v) is 11.2. The Kier molecular flexibility index (Phi) is 3.40. The predicted octanol–water partition coefficient (Wildman–Crippen LogP) is 3.38. The molecule has 0 unspecified atom stereocenters. The number of hydrogen-bond donors (Lipinski definition) is 0. The van der Waals surface area contributed by atoms with Gasteiger partial charge in [0.05, 0.1) is 12.1 Å². The van der Waals surface area contributed by atoms with Crippen molar-refractivity contribution in [2.45, 2.75) is 19.3 Å². The maximum Gasteiger partial charge on any atom is 0.267 e. The van der Waals surface area contributed by atoms with Crippen LogP contribution in [0.1, 0.15) is 22.3 Å². The SMILES string of the molecule is Cc1c(Br)ccc(F)c1C(=O)N1CCC(F)(F)C1. The lowest BCUT2D eigenvalue weighted by Gasteiger charge is -2.18.